The summed E-state index contributed by atoms with van der Waals surface area (Å²) in [5.41, 5.74) is 0. The fourth-order valence-corrected chi connectivity index (χ4v) is 0. The van der Waals surface area contributed by atoms with Crippen molar-refractivity contribution in [2.75, 3.05) is 0 Å². The maximum Gasteiger partial charge on any atom is 1.00 e. The average molecular weight is 152 g/mol. The Hall–Kier alpha value is 1.36. The molecule has 5 heteroatoms. The standard InChI is InChI=1S/BrHO3.Na/c2-1(3)4;/h2H;/q;+1. The van der Waals surface area contributed by atoms with Gasteiger partial charge in [-0.2, -0.15) is 0 Å². The van der Waals surface area contributed by atoms with Crippen LogP contribution in [0.1, 0.15) is 0 Å². The van der Waals surface area contributed by atoms with Crippen molar-refractivity contribution in [3.63, 3.8) is 0 Å². The quantitative estimate of drug-likeness (QED) is 0.351. The summed E-state index contributed by atoms with van der Waals surface area (Å²) in [4.78, 5) is 0. The van der Waals surface area contributed by atoms with Crippen molar-refractivity contribution in [1.29, 1.82) is 0 Å². The molecule has 0 aliphatic carbocycles. The predicted molar refractivity (Wildman–Crippen MR) is 2.22 cm³/mol. The predicted octanol–water partition coefficient (Wildman–Crippen LogP) is -5.93. The van der Waals surface area contributed by atoms with Crippen LogP contribution in [0.15, 0.2) is 0 Å². The molecule has 0 radical (unpaired) electrons. The monoisotopic (exact) mass is 151 g/mol. The third-order valence-corrected chi connectivity index (χ3v) is 0. The number of hydrogen-bond acceptors (Lipinski definition) is 3. The minimum Gasteiger partial charge on any atom is -0.372 e. The van der Waals surface area contributed by atoms with Gasteiger partial charge in [-0.3, -0.25) is 0 Å². The summed E-state index contributed by atoms with van der Waals surface area (Å²) in [5, 5.41) is 0. The van der Waals surface area contributed by atoms with E-state index in [9.17, 15) is 0 Å². The van der Waals surface area contributed by atoms with Gasteiger partial charge in [-0.15, -0.1) is 0 Å². The van der Waals surface area contributed by atoms with E-state index < -0.39 is 14.8 Å². The SMILES string of the molecule is [Na+].[O-][Br+2]([O-])O. The first kappa shape index (κ1) is 9.61. The first-order chi connectivity index (χ1) is 1.73. The number of hydrogen-bond donors (Lipinski definition) is 1. The molecule has 0 amide bonds. The van der Waals surface area contributed by atoms with E-state index in [2.05, 4.69) is 0 Å². The third kappa shape index (κ3) is 32.7. The van der Waals surface area contributed by atoms with Crippen molar-refractivity contribution in [3.05, 3.63) is 0 Å². The van der Waals surface area contributed by atoms with Crippen LogP contribution in [0.3, 0.4) is 0 Å². The van der Waals surface area contributed by atoms with Crippen molar-refractivity contribution in [1.82, 2.24) is 0 Å². The van der Waals surface area contributed by atoms with E-state index in [1.165, 1.54) is 0 Å². The van der Waals surface area contributed by atoms with Crippen LogP contribution in [0.5, 0.6) is 0 Å². The molecule has 0 atom stereocenters. The van der Waals surface area contributed by atoms with Gasteiger partial charge in [-0.1, -0.05) is 0 Å². The zero-order chi connectivity index (χ0) is 3.58. The van der Waals surface area contributed by atoms with E-state index in [4.69, 9.17) is 12.6 Å². The molecule has 1 N–H and O–H groups in total. The van der Waals surface area contributed by atoms with Crippen LogP contribution in [-0.4, -0.2) is 4.20 Å². The molecule has 3 nitrogen and oxygen atoms in total. The number of rotatable bonds is 0. The van der Waals surface area contributed by atoms with E-state index in [1.807, 2.05) is 0 Å². The van der Waals surface area contributed by atoms with E-state index in [0.717, 1.165) is 0 Å². The summed E-state index contributed by atoms with van der Waals surface area (Å²) < 4.78 is 24.3. The van der Waals surface area contributed by atoms with Gasteiger partial charge in [-0.25, -0.2) is 0 Å². The van der Waals surface area contributed by atoms with Crippen LogP contribution < -0.4 is 38.0 Å². The molecule has 0 aliphatic rings. The molecule has 0 rings (SSSR count). The van der Waals surface area contributed by atoms with Gasteiger partial charge in [0.1, 0.15) is 0 Å². The van der Waals surface area contributed by atoms with E-state index >= 15 is 0 Å². The van der Waals surface area contributed by atoms with Crippen LogP contribution in [0.4, 0.5) is 0 Å². The molecule has 0 saturated heterocycles. The summed E-state index contributed by atoms with van der Waals surface area (Å²) in [6.07, 6.45) is 0. The molecule has 0 aromatic carbocycles. The van der Waals surface area contributed by atoms with Gasteiger partial charge in [0.05, 0.1) is 0 Å². The Labute approximate surface area is 56.7 Å². The van der Waals surface area contributed by atoms with E-state index in [0.29, 0.717) is 0 Å². The van der Waals surface area contributed by atoms with Gasteiger partial charge in [0.25, 0.3) is 0 Å². The molecule has 0 aromatic heterocycles. The summed E-state index contributed by atoms with van der Waals surface area (Å²) in [6, 6.07) is 0. The normalized spacial score (nSPS) is 7.20. The van der Waals surface area contributed by atoms with Crippen LogP contribution >= 0.6 is 0 Å². The van der Waals surface area contributed by atoms with Gasteiger partial charge in [0, 0.05) is 0 Å². The molecular weight excluding hydrogens is 151 g/mol. The smallest absolute Gasteiger partial charge is 0.372 e. The fraction of sp³-hybridized carbons (Fsp3) is 0. The summed E-state index contributed by atoms with van der Waals surface area (Å²) in [5.74, 6) is 0. The molecule has 0 heterocycles. The van der Waals surface area contributed by atoms with Crippen LogP contribution in [0.2, 0.25) is 0 Å². The van der Waals surface area contributed by atoms with Crippen molar-refractivity contribution < 1.29 is 57.0 Å². The molecule has 0 fully saturated rings. The van der Waals surface area contributed by atoms with Gasteiger partial charge >= 0.3 is 44.4 Å². The van der Waals surface area contributed by atoms with Crippen molar-refractivity contribution in [3.8, 4) is 0 Å². The summed E-state index contributed by atoms with van der Waals surface area (Å²) >= 11 is -3.40. The average Bonchev–Trinajstić information content (AvgIpc) is 0.811. The zero-order valence-electron chi connectivity index (χ0n) is 2.64. The van der Waals surface area contributed by atoms with Crippen molar-refractivity contribution >= 4 is 0 Å². The molecule has 5 heavy (non-hydrogen) atoms. The van der Waals surface area contributed by atoms with Crippen LogP contribution in [0.25, 0.3) is 0 Å². The molecule has 0 aliphatic heterocycles. The Morgan fingerprint density at radius 3 is 1.40 bits per heavy atom. The van der Waals surface area contributed by atoms with Gasteiger partial charge in [0.15, 0.2) is 0 Å². The van der Waals surface area contributed by atoms with Crippen molar-refractivity contribution in [2.45, 2.75) is 0 Å². The Morgan fingerprint density at radius 2 is 1.40 bits per heavy atom. The Bertz CT molecular complexity index is 11.6. The third-order valence-electron chi connectivity index (χ3n) is 0. The second-order valence-electron chi connectivity index (χ2n) is 0.201. The molecule has 0 saturated carbocycles. The second kappa shape index (κ2) is 5.36. The molecule has 0 bridgehead atoms. The van der Waals surface area contributed by atoms with E-state index in [1.54, 1.807) is 0 Å². The van der Waals surface area contributed by atoms with Crippen LogP contribution in [-0.2, 0) is 0 Å². The topological polar surface area (TPSA) is 66.3 Å². The molecule has 0 unspecified atom stereocenters. The minimum atomic E-state index is -3.40. The van der Waals surface area contributed by atoms with Crippen LogP contribution in [0, 0.1) is 14.8 Å². The molecule has 0 aromatic rings. The number of halogens is 1. The van der Waals surface area contributed by atoms with E-state index in [-0.39, 0.29) is 29.6 Å². The molecule has 26 valence electrons. The molecule has 0 spiro atoms. The van der Waals surface area contributed by atoms with Crippen molar-refractivity contribution in [2.24, 2.45) is 0 Å². The van der Waals surface area contributed by atoms with Gasteiger partial charge < -0.3 is 8.40 Å². The van der Waals surface area contributed by atoms with Gasteiger partial charge in [-0.05, 0) is 4.20 Å². The Balaban J connectivity index is 0. The maximum atomic E-state index is 8.63. The first-order valence-electron chi connectivity index (χ1n) is 0.478. The van der Waals surface area contributed by atoms with Gasteiger partial charge in [0.2, 0.25) is 0 Å². The largest absolute Gasteiger partial charge is 1.00 e. The zero-order valence-corrected chi connectivity index (χ0v) is 6.23. The Kier molecular flexibility index (Phi) is 10.3. The Morgan fingerprint density at radius 1 is 1.40 bits per heavy atom. The second-order valence-corrected chi connectivity index (χ2v) is 1.04. The fourth-order valence-electron chi connectivity index (χ4n) is 0. The molecular formula is HBrNaO3+. The maximum absolute atomic E-state index is 8.63. The minimum absolute atomic E-state index is 0. The summed E-state index contributed by atoms with van der Waals surface area (Å²) in [7, 11) is 0. The summed E-state index contributed by atoms with van der Waals surface area (Å²) in [6.45, 7) is 0. The first-order valence-corrected chi connectivity index (χ1v) is 2.48.